The molecule has 2 aliphatic rings. The van der Waals surface area contributed by atoms with Crippen molar-refractivity contribution in [1.29, 1.82) is 0 Å². The summed E-state index contributed by atoms with van der Waals surface area (Å²) in [6, 6.07) is 18.2. The normalized spacial score (nSPS) is 20.6. The third-order valence-corrected chi connectivity index (χ3v) is 8.24. The smallest absolute Gasteiger partial charge is 0.307 e. The minimum Gasteiger partial charge on any atom is -0.460 e. The Hall–Kier alpha value is -2.99. The van der Waals surface area contributed by atoms with Crippen molar-refractivity contribution in [1.82, 2.24) is 9.80 Å². The van der Waals surface area contributed by atoms with E-state index >= 15 is 0 Å². The molecule has 1 saturated heterocycles. The van der Waals surface area contributed by atoms with Crippen molar-refractivity contribution < 1.29 is 19.1 Å². The first-order chi connectivity index (χ1) is 19.0. The van der Waals surface area contributed by atoms with Gasteiger partial charge in [0.2, 0.25) is 5.91 Å². The Bertz CT molecular complexity index is 1170. The van der Waals surface area contributed by atoms with Gasteiger partial charge in [0.1, 0.15) is 11.6 Å². The first-order valence-electron chi connectivity index (χ1n) is 14.9. The van der Waals surface area contributed by atoms with E-state index in [0.29, 0.717) is 26.1 Å². The summed E-state index contributed by atoms with van der Waals surface area (Å²) < 4.78 is 5.56. The van der Waals surface area contributed by atoms with Crippen LogP contribution in [0.15, 0.2) is 54.6 Å². The third-order valence-electron chi connectivity index (χ3n) is 8.24. The van der Waals surface area contributed by atoms with E-state index in [0.717, 1.165) is 25.8 Å². The molecule has 1 fully saturated rings. The van der Waals surface area contributed by atoms with Crippen molar-refractivity contribution in [3.63, 3.8) is 0 Å². The van der Waals surface area contributed by atoms with Gasteiger partial charge in [0, 0.05) is 32.6 Å². The van der Waals surface area contributed by atoms with Crippen molar-refractivity contribution >= 4 is 17.7 Å². The molecule has 1 aliphatic heterocycles. The number of esters is 1. The second kappa shape index (κ2) is 13.1. The van der Waals surface area contributed by atoms with Gasteiger partial charge in [0.05, 0.1) is 12.3 Å². The lowest BCUT2D eigenvalue weighted by Crippen LogP contribution is -2.59. The van der Waals surface area contributed by atoms with Crippen LogP contribution in [0.5, 0.6) is 0 Å². The summed E-state index contributed by atoms with van der Waals surface area (Å²) >= 11 is 0. The molecular weight excluding hydrogens is 500 g/mol. The van der Waals surface area contributed by atoms with Crippen molar-refractivity contribution in [3.05, 3.63) is 71.3 Å². The van der Waals surface area contributed by atoms with Gasteiger partial charge < -0.3 is 9.64 Å². The molecule has 0 N–H and O–H groups in total. The number of aryl methyl sites for hydroxylation is 1. The van der Waals surface area contributed by atoms with Crippen molar-refractivity contribution in [2.45, 2.75) is 90.8 Å². The van der Waals surface area contributed by atoms with Gasteiger partial charge in [-0.2, -0.15) is 0 Å². The molecule has 0 bridgehead atoms. The average Bonchev–Trinajstić information content (AvgIpc) is 2.91. The third kappa shape index (κ3) is 7.81. The fourth-order valence-corrected chi connectivity index (χ4v) is 6.19. The number of fused-ring (bicyclic) bond motifs is 1. The van der Waals surface area contributed by atoms with Crippen LogP contribution in [0.4, 0.5) is 0 Å². The standard InChI is InChI=1S/C34H46N2O4/c1-24(2)29(21-32(38)40-34(3,4)5)33(39)36-19-18-35(22-25-12-7-6-8-13-25)23-30(36)31(37)20-27-16-11-15-26-14-9-10-17-28(26)27/h6-10,12-14,17,24,27,29-30H,11,15-16,18-23H2,1-5H3/t27-,29-,30-/m0/s1. The van der Waals surface area contributed by atoms with E-state index in [4.69, 9.17) is 4.74 Å². The fourth-order valence-electron chi connectivity index (χ4n) is 6.19. The zero-order chi connectivity index (χ0) is 28.9. The van der Waals surface area contributed by atoms with Gasteiger partial charge >= 0.3 is 5.97 Å². The van der Waals surface area contributed by atoms with E-state index < -0.39 is 17.6 Å². The van der Waals surface area contributed by atoms with E-state index in [2.05, 4.69) is 41.3 Å². The maximum atomic E-state index is 14.1. The summed E-state index contributed by atoms with van der Waals surface area (Å²) in [4.78, 5) is 45.0. The van der Waals surface area contributed by atoms with Gasteiger partial charge in [-0.3, -0.25) is 19.3 Å². The molecule has 2 aromatic carbocycles. The van der Waals surface area contributed by atoms with Crippen LogP contribution < -0.4 is 0 Å². The molecule has 6 heteroatoms. The second-order valence-corrected chi connectivity index (χ2v) is 12.9. The predicted octanol–water partition coefficient (Wildman–Crippen LogP) is 5.78. The maximum Gasteiger partial charge on any atom is 0.307 e. The lowest BCUT2D eigenvalue weighted by atomic mass is 9.79. The van der Waals surface area contributed by atoms with Crippen molar-refractivity contribution in [3.8, 4) is 0 Å². The van der Waals surface area contributed by atoms with E-state index in [1.807, 2.05) is 52.8 Å². The van der Waals surface area contributed by atoms with Gasteiger partial charge in [-0.15, -0.1) is 0 Å². The molecule has 3 atom stereocenters. The molecule has 1 aliphatic carbocycles. The Kier molecular flexibility index (Phi) is 9.83. The van der Waals surface area contributed by atoms with Crippen molar-refractivity contribution in [2.75, 3.05) is 19.6 Å². The summed E-state index contributed by atoms with van der Waals surface area (Å²) in [6.07, 6.45) is 3.58. The fraction of sp³-hybridized carbons (Fsp3) is 0.559. The van der Waals surface area contributed by atoms with Crippen LogP contribution in [-0.4, -0.2) is 58.7 Å². The summed E-state index contributed by atoms with van der Waals surface area (Å²) in [5.74, 6) is -0.759. The van der Waals surface area contributed by atoms with Crippen LogP contribution in [0.2, 0.25) is 0 Å². The predicted molar refractivity (Wildman–Crippen MR) is 158 cm³/mol. The number of carbonyl (C=O) groups is 3. The number of ether oxygens (including phenoxy) is 1. The number of rotatable bonds is 9. The monoisotopic (exact) mass is 546 g/mol. The van der Waals surface area contributed by atoms with Gasteiger partial charge in [0.15, 0.2) is 5.78 Å². The molecular formula is C34H46N2O4. The first kappa shape index (κ1) is 30.0. The molecule has 216 valence electrons. The van der Waals surface area contributed by atoms with Gasteiger partial charge in [-0.1, -0.05) is 68.4 Å². The highest BCUT2D eigenvalue weighted by atomic mass is 16.6. The lowest BCUT2D eigenvalue weighted by molar-refractivity contribution is -0.160. The SMILES string of the molecule is CC(C)[C@H](CC(=O)OC(C)(C)C)C(=O)N1CCN(Cc2ccccc2)C[C@H]1C(=O)C[C@@H]1CCCc2ccccc21. The van der Waals surface area contributed by atoms with Crippen molar-refractivity contribution in [2.24, 2.45) is 11.8 Å². The molecule has 0 saturated carbocycles. The molecule has 0 spiro atoms. The summed E-state index contributed by atoms with van der Waals surface area (Å²) in [5.41, 5.74) is 3.20. The number of hydrogen-bond donors (Lipinski definition) is 0. The van der Waals surface area contributed by atoms with E-state index in [-0.39, 0.29) is 35.9 Å². The highest BCUT2D eigenvalue weighted by molar-refractivity contribution is 5.92. The number of Topliss-reactive ketones (excluding diaryl/α,β-unsaturated/α-hetero) is 1. The Morgan fingerprint density at radius 3 is 2.38 bits per heavy atom. The van der Waals surface area contributed by atoms with Gasteiger partial charge in [-0.05, 0) is 68.6 Å². The molecule has 0 radical (unpaired) electrons. The zero-order valence-corrected chi connectivity index (χ0v) is 24.9. The van der Waals surface area contributed by atoms with E-state index in [1.165, 1.54) is 16.7 Å². The Morgan fingerprint density at radius 1 is 0.975 bits per heavy atom. The van der Waals surface area contributed by atoms with Crippen LogP contribution >= 0.6 is 0 Å². The van der Waals surface area contributed by atoms with Gasteiger partial charge in [0.25, 0.3) is 0 Å². The Morgan fingerprint density at radius 2 is 1.68 bits per heavy atom. The van der Waals surface area contributed by atoms with Crippen LogP contribution in [-0.2, 0) is 32.1 Å². The Balaban J connectivity index is 1.55. The molecule has 2 aromatic rings. The minimum absolute atomic E-state index is 0.0227. The molecule has 4 rings (SSSR count). The average molecular weight is 547 g/mol. The summed E-state index contributed by atoms with van der Waals surface area (Å²) in [6.45, 7) is 11.8. The van der Waals surface area contributed by atoms with Crippen LogP contribution in [0.3, 0.4) is 0 Å². The molecule has 6 nitrogen and oxygen atoms in total. The maximum absolute atomic E-state index is 14.1. The molecule has 0 unspecified atom stereocenters. The number of amides is 1. The summed E-state index contributed by atoms with van der Waals surface area (Å²) in [7, 11) is 0. The largest absolute Gasteiger partial charge is 0.460 e. The van der Waals surface area contributed by atoms with Gasteiger partial charge in [-0.25, -0.2) is 0 Å². The zero-order valence-electron chi connectivity index (χ0n) is 24.9. The second-order valence-electron chi connectivity index (χ2n) is 12.9. The molecule has 40 heavy (non-hydrogen) atoms. The first-order valence-corrected chi connectivity index (χ1v) is 14.9. The number of benzene rings is 2. The number of piperazine rings is 1. The van der Waals surface area contributed by atoms with E-state index in [9.17, 15) is 14.4 Å². The summed E-state index contributed by atoms with van der Waals surface area (Å²) in [5, 5.41) is 0. The topological polar surface area (TPSA) is 66.9 Å². The van der Waals surface area contributed by atoms with E-state index in [1.54, 1.807) is 4.90 Å². The van der Waals surface area contributed by atoms with Crippen LogP contribution in [0.1, 0.15) is 82.9 Å². The highest BCUT2D eigenvalue weighted by Crippen LogP contribution is 2.35. The molecule has 1 amide bonds. The van der Waals surface area contributed by atoms with Crippen LogP contribution in [0.25, 0.3) is 0 Å². The quantitative estimate of drug-likeness (QED) is 0.373. The Labute approximate surface area is 240 Å². The minimum atomic E-state index is -0.612. The highest BCUT2D eigenvalue weighted by Gasteiger charge is 2.40. The number of hydrogen-bond acceptors (Lipinski definition) is 5. The lowest BCUT2D eigenvalue weighted by Gasteiger charge is -2.43. The number of ketones is 1. The molecule has 1 heterocycles. The van der Waals surface area contributed by atoms with Crippen LogP contribution in [0, 0.1) is 11.8 Å². The number of carbonyl (C=O) groups excluding carboxylic acids is 3. The molecule has 0 aromatic heterocycles. The number of nitrogens with zero attached hydrogens (tertiary/aromatic N) is 2.